The van der Waals surface area contributed by atoms with E-state index in [2.05, 4.69) is 15.6 Å². The third-order valence-corrected chi connectivity index (χ3v) is 4.68. The van der Waals surface area contributed by atoms with Gasteiger partial charge >= 0.3 is 0 Å². The van der Waals surface area contributed by atoms with Crippen molar-refractivity contribution < 1.29 is 9.59 Å². The van der Waals surface area contributed by atoms with E-state index < -0.39 is 0 Å². The molecule has 1 aromatic heterocycles. The standard InChI is InChI=1S/C19H20ClN3O2/c20-17-11-14(23-18(24)13-5-1-2-6-13)8-9-16(17)19(25)22-12-15-7-3-4-10-21-15/h3-4,7-11,13H,1-2,5-6,12H2,(H,22,25)(H,23,24). The summed E-state index contributed by atoms with van der Waals surface area (Å²) < 4.78 is 0. The first kappa shape index (κ1) is 17.4. The first-order valence-electron chi connectivity index (χ1n) is 8.42. The number of aromatic nitrogens is 1. The third-order valence-electron chi connectivity index (χ3n) is 4.36. The maximum atomic E-state index is 12.3. The van der Waals surface area contributed by atoms with Crippen LogP contribution in [0.5, 0.6) is 0 Å². The first-order chi connectivity index (χ1) is 12.1. The van der Waals surface area contributed by atoms with Gasteiger partial charge in [0.15, 0.2) is 0 Å². The molecule has 2 N–H and O–H groups in total. The van der Waals surface area contributed by atoms with E-state index in [-0.39, 0.29) is 17.7 Å². The van der Waals surface area contributed by atoms with Crippen molar-refractivity contribution in [2.75, 3.05) is 5.32 Å². The lowest BCUT2D eigenvalue weighted by Gasteiger charge is -2.12. The zero-order chi connectivity index (χ0) is 17.6. The van der Waals surface area contributed by atoms with E-state index in [0.717, 1.165) is 31.4 Å². The molecule has 2 aromatic rings. The predicted octanol–water partition coefficient (Wildman–Crippen LogP) is 3.79. The number of nitrogens with one attached hydrogen (secondary N) is 2. The highest BCUT2D eigenvalue weighted by Gasteiger charge is 2.22. The predicted molar refractivity (Wildman–Crippen MR) is 97.4 cm³/mol. The van der Waals surface area contributed by atoms with Gasteiger partial charge in [0, 0.05) is 17.8 Å². The van der Waals surface area contributed by atoms with Crippen LogP contribution in [-0.4, -0.2) is 16.8 Å². The molecule has 1 aliphatic carbocycles. The Morgan fingerprint density at radius 2 is 1.96 bits per heavy atom. The molecule has 0 atom stereocenters. The number of pyridine rings is 1. The molecular weight excluding hydrogens is 338 g/mol. The van der Waals surface area contributed by atoms with Crippen LogP contribution < -0.4 is 10.6 Å². The summed E-state index contributed by atoms with van der Waals surface area (Å²) in [5.41, 5.74) is 1.76. The number of hydrogen-bond donors (Lipinski definition) is 2. The van der Waals surface area contributed by atoms with Crippen molar-refractivity contribution in [1.82, 2.24) is 10.3 Å². The molecule has 0 aliphatic heterocycles. The summed E-state index contributed by atoms with van der Waals surface area (Å²) in [6.45, 7) is 0.330. The molecule has 0 radical (unpaired) electrons. The van der Waals surface area contributed by atoms with Crippen LogP contribution >= 0.6 is 11.6 Å². The minimum Gasteiger partial charge on any atom is -0.346 e. The molecule has 1 aromatic carbocycles. The van der Waals surface area contributed by atoms with Crippen LogP contribution in [0.4, 0.5) is 5.69 Å². The van der Waals surface area contributed by atoms with E-state index in [9.17, 15) is 9.59 Å². The molecule has 0 spiro atoms. The number of benzene rings is 1. The maximum Gasteiger partial charge on any atom is 0.253 e. The Labute approximate surface area is 151 Å². The lowest BCUT2D eigenvalue weighted by atomic mass is 10.1. The molecule has 5 nitrogen and oxygen atoms in total. The number of amides is 2. The Morgan fingerprint density at radius 3 is 2.64 bits per heavy atom. The summed E-state index contributed by atoms with van der Waals surface area (Å²) in [5, 5.41) is 5.98. The van der Waals surface area contributed by atoms with Crippen molar-refractivity contribution in [2.24, 2.45) is 5.92 Å². The molecule has 130 valence electrons. The van der Waals surface area contributed by atoms with Crippen LogP contribution in [0.3, 0.4) is 0 Å². The Balaban J connectivity index is 1.60. The maximum absolute atomic E-state index is 12.3. The lowest BCUT2D eigenvalue weighted by Crippen LogP contribution is -2.24. The van der Waals surface area contributed by atoms with Crippen LogP contribution in [0.15, 0.2) is 42.6 Å². The SMILES string of the molecule is O=C(NCc1ccccn1)c1ccc(NC(=O)C2CCCC2)cc1Cl. The fraction of sp³-hybridized carbons (Fsp3) is 0.316. The third kappa shape index (κ3) is 4.57. The molecule has 1 aliphatic rings. The number of hydrogen-bond acceptors (Lipinski definition) is 3. The van der Waals surface area contributed by atoms with E-state index in [1.807, 2.05) is 18.2 Å². The zero-order valence-corrected chi connectivity index (χ0v) is 14.6. The molecule has 1 fully saturated rings. The quantitative estimate of drug-likeness (QED) is 0.855. The van der Waals surface area contributed by atoms with Crippen LogP contribution in [-0.2, 0) is 11.3 Å². The van der Waals surface area contributed by atoms with Gasteiger partial charge in [-0.25, -0.2) is 0 Å². The van der Waals surface area contributed by atoms with Crippen molar-refractivity contribution in [2.45, 2.75) is 32.2 Å². The number of rotatable bonds is 5. The van der Waals surface area contributed by atoms with Crippen molar-refractivity contribution >= 4 is 29.1 Å². The summed E-state index contributed by atoms with van der Waals surface area (Å²) in [7, 11) is 0. The number of anilines is 1. The highest BCUT2D eigenvalue weighted by molar-refractivity contribution is 6.34. The second kappa shape index (κ2) is 8.12. The summed E-state index contributed by atoms with van der Waals surface area (Å²) in [4.78, 5) is 28.6. The number of carbonyl (C=O) groups excluding carboxylic acids is 2. The molecule has 25 heavy (non-hydrogen) atoms. The summed E-state index contributed by atoms with van der Waals surface area (Å²) in [5.74, 6) is -0.162. The van der Waals surface area contributed by atoms with Crippen molar-refractivity contribution in [3.8, 4) is 0 Å². The summed E-state index contributed by atoms with van der Waals surface area (Å²) in [6.07, 6.45) is 5.76. The molecule has 0 unspecified atom stereocenters. The monoisotopic (exact) mass is 357 g/mol. The molecule has 1 saturated carbocycles. The zero-order valence-electron chi connectivity index (χ0n) is 13.8. The summed E-state index contributed by atoms with van der Waals surface area (Å²) >= 11 is 6.22. The molecule has 6 heteroatoms. The van der Waals surface area contributed by atoms with E-state index >= 15 is 0 Å². The molecule has 1 heterocycles. The first-order valence-corrected chi connectivity index (χ1v) is 8.80. The largest absolute Gasteiger partial charge is 0.346 e. The van der Waals surface area contributed by atoms with Gasteiger partial charge in [-0.15, -0.1) is 0 Å². The van der Waals surface area contributed by atoms with Gasteiger partial charge in [-0.1, -0.05) is 30.5 Å². The van der Waals surface area contributed by atoms with Gasteiger partial charge in [0.2, 0.25) is 5.91 Å². The Kier molecular flexibility index (Phi) is 5.66. The topological polar surface area (TPSA) is 71.1 Å². The van der Waals surface area contributed by atoms with E-state index in [4.69, 9.17) is 11.6 Å². The second-order valence-corrected chi connectivity index (χ2v) is 6.58. The van der Waals surface area contributed by atoms with Gasteiger partial charge in [0.25, 0.3) is 5.91 Å². The molecule has 0 saturated heterocycles. The lowest BCUT2D eigenvalue weighted by molar-refractivity contribution is -0.119. The minimum absolute atomic E-state index is 0.0286. The number of halogens is 1. The molecular formula is C19H20ClN3O2. The molecule has 2 amide bonds. The van der Waals surface area contributed by atoms with Crippen molar-refractivity contribution in [3.05, 3.63) is 58.9 Å². The fourth-order valence-corrected chi connectivity index (χ4v) is 3.24. The van der Waals surface area contributed by atoms with Gasteiger partial charge in [-0.2, -0.15) is 0 Å². The van der Waals surface area contributed by atoms with E-state index in [0.29, 0.717) is 22.8 Å². The normalized spacial score (nSPS) is 14.3. The highest BCUT2D eigenvalue weighted by atomic mass is 35.5. The summed E-state index contributed by atoms with van der Waals surface area (Å²) in [6, 6.07) is 10.5. The fourth-order valence-electron chi connectivity index (χ4n) is 2.98. The average Bonchev–Trinajstić information content (AvgIpc) is 3.15. The second-order valence-electron chi connectivity index (χ2n) is 6.17. The minimum atomic E-state index is -0.274. The Hall–Kier alpha value is -2.40. The van der Waals surface area contributed by atoms with Gasteiger partial charge < -0.3 is 10.6 Å². The van der Waals surface area contributed by atoms with Gasteiger partial charge in [-0.3, -0.25) is 14.6 Å². The van der Waals surface area contributed by atoms with Crippen molar-refractivity contribution in [3.63, 3.8) is 0 Å². The smallest absolute Gasteiger partial charge is 0.253 e. The van der Waals surface area contributed by atoms with Crippen LogP contribution in [0.1, 0.15) is 41.7 Å². The van der Waals surface area contributed by atoms with Crippen LogP contribution in [0, 0.1) is 5.92 Å². The van der Waals surface area contributed by atoms with Gasteiger partial charge in [0.1, 0.15) is 0 Å². The number of nitrogens with zero attached hydrogens (tertiary/aromatic N) is 1. The Bertz CT molecular complexity index is 759. The van der Waals surface area contributed by atoms with Crippen LogP contribution in [0.25, 0.3) is 0 Å². The molecule has 3 rings (SSSR count). The van der Waals surface area contributed by atoms with Gasteiger partial charge in [0.05, 0.1) is 22.8 Å². The Morgan fingerprint density at radius 1 is 1.16 bits per heavy atom. The number of carbonyl (C=O) groups is 2. The van der Waals surface area contributed by atoms with Crippen molar-refractivity contribution in [1.29, 1.82) is 0 Å². The van der Waals surface area contributed by atoms with Crippen LogP contribution in [0.2, 0.25) is 5.02 Å². The van der Waals surface area contributed by atoms with E-state index in [1.165, 1.54) is 0 Å². The molecule has 0 bridgehead atoms. The highest BCUT2D eigenvalue weighted by Crippen LogP contribution is 2.27. The van der Waals surface area contributed by atoms with E-state index in [1.54, 1.807) is 24.4 Å². The van der Waals surface area contributed by atoms with Gasteiger partial charge in [-0.05, 0) is 43.2 Å². The average molecular weight is 358 g/mol.